The van der Waals surface area contributed by atoms with Gasteiger partial charge in [0.15, 0.2) is 5.96 Å². The number of guanidine groups is 1. The first-order valence-corrected chi connectivity index (χ1v) is 8.89. The molecule has 134 valence electrons. The summed E-state index contributed by atoms with van der Waals surface area (Å²) in [6.07, 6.45) is 3.68. The molecule has 0 bridgehead atoms. The number of rotatable bonds is 10. The van der Waals surface area contributed by atoms with Crippen LogP contribution in [0.2, 0.25) is 0 Å². The van der Waals surface area contributed by atoms with Crippen molar-refractivity contribution in [1.82, 2.24) is 10.6 Å². The summed E-state index contributed by atoms with van der Waals surface area (Å²) in [5, 5.41) is 6.73. The maximum absolute atomic E-state index is 5.72. The number of hydrogen-bond acceptors (Lipinski definition) is 3. The predicted molar refractivity (Wildman–Crippen MR) is 98.8 cm³/mol. The minimum absolute atomic E-state index is 0.408. The van der Waals surface area contributed by atoms with E-state index in [1.165, 1.54) is 18.4 Å². The third-order valence-electron chi connectivity index (χ3n) is 4.48. The molecule has 5 heteroatoms. The summed E-state index contributed by atoms with van der Waals surface area (Å²) in [5.74, 6) is 1.74. The Bertz CT molecular complexity index is 510. The molecule has 24 heavy (non-hydrogen) atoms. The number of aliphatic imine (C=N–C) groups is 1. The lowest BCUT2D eigenvalue weighted by Crippen LogP contribution is -2.42. The van der Waals surface area contributed by atoms with Crippen LogP contribution in [-0.4, -0.2) is 45.9 Å². The Morgan fingerprint density at radius 3 is 2.54 bits per heavy atom. The molecule has 0 amide bonds. The van der Waals surface area contributed by atoms with E-state index in [0.29, 0.717) is 12.0 Å². The minimum atomic E-state index is 0.408. The third kappa shape index (κ3) is 6.40. The molecule has 0 radical (unpaired) electrons. The lowest BCUT2D eigenvalue weighted by molar-refractivity contribution is 0.128. The van der Waals surface area contributed by atoms with Gasteiger partial charge in [0.25, 0.3) is 0 Å². The lowest BCUT2D eigenvalue weighted by atomic mass is 10.0. The highest BCUT2D eigenvalue weighted by Gasteiger charge is 2.41. The summed E-state index contributed by atoms with van der Waals surface area (Å²) in [6, 6.07) is 8.11. The molecule has 0 unspecified atom stereocenters. The zero-order chi connectivity index (χ0) is 17.3. The zero-order valence-corrected chi connectivity index (χ0v) is 15.2. The average Bonchev–Trinajstić information content (AvgIpc) is 3.36. The van der Waals surface area contributed by atoms with Gasteiger partial charge < -0.3 is 20.1 Å². The molecular weight excluding hydrogens is 302 g/mol. The first kappa shape index (κ1) is 18.6. The van der Waals surface area contributed by atoms with Crippen molar-refractivity contribution in [3.8, 4) is 5.75 Å². The van der Waals surface area contributed by atoms with Crippen molar-refractivity contribution in [3.05, 3.63) is 29.8 Å². The van der Waals surface area contributed by atoms with E-state index in [-0.39, 0.29) is 0 Å². The van der Waals surface area contributed by atoms with Crippen LogP contribution < -0.4 is 15.4 Å². The van der Waals surface area contributed by atoms with Crippen LogP contribution in [0.3, 0.4) is 0 Å². The fourth-order valence-corrected chi connectivity index (χ4v) is 2.59. The van der Waals surface area contributed by atoms with E-state index in [4.69, 9.17) is 9.47 Å². The second kappa shape index (κ2) is 9.52. The largest absolute Gasteiger partial charge is 0.492 e. The Kier molecular flexibility index (Phi) is 7.37. The maximum Gasteiger partial charge on any atom is 0.191 e. The van der Waals surface area contributed by atoms with Crippen molar-refractivity contribution >= 4 is 5.96 Å². The van der Waals surface area contributed by atoms with Gasteiger partial charge in [-0.15, -0.1) is 0 Å². The number of nitrogens with zero attached hydrogens (tertiary/aromatic N) is 1. The van der Waals surface area contributed by atoms with Gasteiger partial charge in [-0.2, -0.15) is 0 Å². The van der Waals surface area contributed by atoms with Gasteiger partial charge in [0.1, 0.15) is 12.4 Å². The summed E-state index contributed by atoms with van der Waals surface area (Å²) in [5.41, 5.74) is 1.65. The highest BCUT2D eigenvalue weighted by atomic mass is 16.5. The molecule has 0 heterocycles. The molecule has 1 aromatic carbocycles. The molecule has 0 spiro atoms. The predicted octanol–water partition coefficient (Wildman–Crippen LogP) is 2.75. The van der Waals surface area contributed by atoms with Gasteiger partial charge in [-0.3, -0.25) is 4.99 Å². The first-order chi connectivity index (χ1) is 11.7. The number of hydrogen-bond donors (Lipinski definition) is 2. The van der Waals surface area contributed by atoms with Crippen LogP contribution in [0.4, 0.5) is 0 Å². The smallest absolute Gasteiger partial charge is 0.191 e. The number of ether oxygens (including phenoxy) is 2. The fraction of sp³-hybridized carbons (Fsp3) is 0.632. The highest BCUT2D eigenvalue weighted by Crippen LogP contribution is 2.48. The van der Waals surface area contributed by atoms with Gasteiger partial charge in [-0.25, -0.2) is 0 Å². The van der Waals surface area contributed by atoms with Crippen LogP contribution in [0.25, 0.3) is 0 Å². The second-order valence-corrected chi connectivity index (χ2v) is 6.46. The standard InChI is InChI=1S/C19H31N3O2/c1-4-23-13-11-19(9-10-19)15-22-18(20-3)21-12-14-24-17-7-5-16(2)6-8-17/h5-8H,4,9-15H2,1-3H3,(H2,20,21,22). The molecule has 1 aromatic rings. The zero-order valence-electron chi connectivity index (χ0n) is 15.2. The first-order valence-electron chi connectivity index (χ1n) is 8.89. The van der Waals surface area contributed by atoms with Crippen molar-refractivity contribution in [2.45, 2.75) is 33.1 Å². The van der Waals surface area contributed by atoms with Crippen molar-refractivity contribution < 1.29 is 9.47 Å². The maximum atomic E-state index is 5.72. The van der Waals surface area contributed by atoms with Crippen LogP contribution in [0.1, 0.15) is 31.7 Å². The van der Waals surface area contributed by atoms with E-state index < -0.39 is 0 Å². The van der Waals surface area contributed by atoms with Crippen LogP contribution >= 0.6 is 0 Å². The number of benzene rings is 1. The highest BCUT2D eigenvalue weighted by molar-refractivity contribution is 5.79. The number of nitrogens with one attached hydrogen (secondary N) is 2. The molecule has 1 saturated carbocycles. The van der Waals surface area contributed by atoms with Gasteiger partial charge in [0.05, 0.1) is 6.54 Å². The summed E-state index contributed by atoms with van der Waals surface area (Å²) >= 11 is 0. The Balaban J connectivity index is 1.61. The van der Waals surface area contributed by atoms with Crippen molar-refractivity contribution in [2.75, 3.05) is 40.0 Å². The van der Waals surface area contributed by atoms with Crippen molar-refractivity contribution in [2.24, 2.45) is 10.4 Å². The second-order valence-electron chi connectivity index (χ2n) is 6.46. The molecule has 5 nitrogen and oxygen atoms in total. The molecule has 0 saturated heterocycles. The molecule has 2 N–H and O–H groups in total. The summed E-state index contributed by atoms with van der Waals surface area (Å²) in [4.78, 5) is 4.28. The molecule has 1 aliphatic carbocycles. The van der Waals surface area contributed by atoms with Crippen molar-refractivity contribution in [1.29, 1.82) is 0 Å². The Morgan fingerprint density at radius 2 is 1.92 bits per heavy atom. The monoisotopic (exact) mass is 333 g/mol. The van der Waals surface area contributed by atoms with Gasteiger partial charge in [0, 0.05) is 26.8 Å². The fourth-order valence-electron chi connectivity index (χ4n) is 2.59. The van der Waals surface area contributed by atoms with Crippen LogP contribution in [0.15, 0.2) is 29.3 Å². The average molecular weight is 333 g/mol. The Morgan fingerprint density at radius 1 is 1.17 bits per heavy atom. The van der Waals surface area contributed by atoms with Gasteiger partial charge in [-0.05, 0) is 50.7 Å². The lowest BCUT2D eigenvalue weighted by Gasteiger charge is -2.18. The summed E-state index contributed by atoms with van der Waals surface area (Å²) < 4.78 is 11.2. The van der Waals surface area contributed by atoms with Crippen LogP contribution in [-0.2, 0) is 4.74 Å². The van der Waals surface area contributed by atoms with E-state index in [0.717, 1.165) is 44.4 Å². The molecule has 1 aliphatic rings. The molecule has 0 aromatic heterocycles. The Labute approximate surface area is 145 Å². The third-order valence-corrected chi connectivity index (χ3v) is 4.48. The minimum Gasteiger partial charge on any atom is -0.492 e. The molecule has 0 atom stereocenters. The Hall–Kier alpha value is -1.75. The quantitative estimate of drug-likeness (QED) is 0.393. The van der Waals surface area contributed by atoms with Gasteiger partial charge >= 0.3 is 0 Å². The number of aryl methyl sites for hydroxylation is 1. The van der Waals surface area contributed by atoms with E-state index in [1.807, 2.05) is 19.1 Å². The van der Waals surface area contributed by atoms with E-state index in [9.17, 15) is 0 Å². The van der Waals surface area contributed by atoms with Crippen LogP contribution in [0.5, 0.6) is 5.75 Å². The van der Waals surface area contributed by atoms with E-state index in [2.05, 4.69) is 34.7 Å². The SMILES string of the molecule is CCOCCC1(CNC(=NC)NCCOc2ccc(C)cc2)CC1. The molecular formula is C19H31N3O2. The summed E-state index contributed by atoms with van der Waals surface area (Å²) in [6.45, 7) is 8.06. The molecule has 1 fully saturated rings. The molecule has 0 aliphatic heterocycles. The molecule has 2 rings (SSSR count). The normalized spacial score (nSPS) is 15.9. The van der Waals surface area contributed by atoms with E-state index >= 15 is 0 Å². The summed E-state index contributed by atoms with van der Waals surface area (Å²) in [7, 11) is 1.80. The van der Waals surface area contributed by atoms with Gasteiger partial charge in [0.2, 0.25) is 0 Å². The van der Waals surface area contributed by atoms with Gasteiger partial charge in [-0.1, -0.05) is 17.7 Å². The van der Waals surface area contributed by atoms with E-state index in [1.54, 1.807) is 7.05 Å². The topological polar surface area (TPSA) is 54.9 Å². The van der Waals surface area contributed by atoms with Crippen molar-refractivity contribution in [3.63, 3.8) is 0 Å². The van der Waals surface area contributed by atoms with Crippen LogP contribution in [0, 0.1) is 12.3 Å².